The van der Waals surface area contributed by atoms with Crippen LogP contribution in [0.25, 0.3) is 5.82 Å². The predicted molar refractivity (Wildman–Crippen MR) is 121 cm³/mol. The summed E-state index contributed by atoms with van der Waals surface area (Å²) < 4.78 is 11.4. The molecule has 4 aromatic rings. The van der Waals surface area contributed by atoms with Crippen molar-refractivity contribution in [1.82, 2.24) is 30.7 Å². The average molecular weight is 487 g/mol. The molecule has 2 aromatic heterocycles. The first kappa shape index (κ1) is 22.2. The van der Waals surface area contributed by atoms with E-state index < -0.39 is 5.91 Å². The molecule has 0 aliphatic carbocycles. The van der Waals surface area contributed by atoms with Crippen LogP contribution in [0.2, 0.25) is 10.0 Å². The normalized spacial score (nSPS) is 11.1. The molecule has 0 unspecified atom stereocenters. The van der Waals surface area contributed by atoms with Crippen LogP contribution in [-0.2, 0) is 6.61 Å². The summed E-state index contributed by atoms with van der Waals surface area (Å²) in [6.45, 7) is 1.91. The zero-order valence-corrected chi connectivity index (χ0v) is 18.6. The van der Waals surface area contributed by atoms with E-state index in [0.717, 1.165) is 15.8 Å². The molecule has 0 aliphatic rings. The Kier molecular flexibility index (Phi) is 6.52. The predicted octanol–water partition coefficient (Wildman–Crippen LogP) is 3.19. The third kappa shape index (κ3) is 5.10. The minimum atomic E-state index is -0.559. The number of amides is 1. The lowest BCUT2D eigenvalue weighted by molar-refractivity contribution is 0.0946. The highest BCUT2D eigenvalue weighted by atomic mass is 35.5. The van der Waals surface area contributed by atoms with Gasteiger partial charge in [0, 0.05) is 15.6 Å². The van der Waals surface area contributed by atoms with E-state index in [0.29, 0.717) is 28.1 Å². The van der Waals surface area contributed by atoms with Gasteiger partial charge < -0.3 is 10.5 Å². The standard InChI is InChI=1S/C20H16Cl2N8O3/c1-11-17(30(29-25-11)19-18(23)27-33-28-19)20(31)26-24-9-12-2-6-15(7-3-12)32-10-13-4-5-14(21)8-16(13)22/h2-9H,10H2,1H3,(H2,23,27)(H,26,31). The number of carbonyl (C=O) groups excluding carboxylic acids is 1. The van der Waals surface area contributed by atoms with Gasteiger partial charge in [-0.2, -0.15) is 9.78 Å². The number of nitrogens with two attached hydrogens (primary N) is 1. The summed E-state index contributed by atoms with van der Waals surface area (Å²) in [5, 5.41) is 19.9. The van der Waals surface area contributed by atoms with E-state index in [2.05, 4.69) is 35.8 Å². The quantitative estimate of drug-likeness (QED) is 0.299. The molecule has 0 atom stereocenters. The van der Waals surface area contributed by atoms with Crippen LogP contribution < -0.4 is 15.9 Å². The summed E-state index contributed by atoms with van der Waals surface area (Å²) in [6, 6.07) is 12.3. The molecule has 1 amide bonds. The van der Waals surface area contributed by atoms with Gasteiger partial charge in [-0.05, 0) is 59.2 Å². The Bertz CT molecular complexity index is 1320. The Hall–Kier alpha value is -3.96. The number of ether oxygens (including phenoxy) is 1. The third-order valence-electron chi connectivity index (χ3n) is 4.42. The number of hydrogen-bond donors (Lipinski definition) is 2. The van der Waals surface area contributed by atoms with Crippen LogP contribution in [0.1, 0.15) is 27.3 Å². The molecule has 0 fully saturated rings. The summed E-state index contributed by atoms with van der Waals surface area (Å²) >= 11 is 12.1. The fourth-order valence-corrected chi connectivity index (χ4v) is 3.24. The fraction of sp³-hybridized carbons (Fsp3) is 0.100. The highest BCUT2D eigenvalue weighted by Crippen LogP contribution is 2.23. The molecule has 0 saturated carbocycles. The number of nitrogens with one attached hydrogen (secondary N) is 1. The second-order valence-corrected chi connectivity index (χ2v) is 7.54. The lowest BCUT2D eigenvalue weighted by Crippen LogP contribution is -2.22. The minimum absolute atomic E-state index is 0.0295. The molecular weight excluding hydrogens is 471 g/mol. The third-order valence-corrected chi connectivity index (χ3v) is 5.01. The van der Waals surface area contributed by atoms with Crippen molar-refractivity contribution in [2.24, 2.45) is 5.10 Å². The maximum absolute atomic E-state index is 12.6. The topological polar surface area (TPSA) is 146 Å². The summed E-state index contributed by atoms with van der Waals surface area (Å²) in [5.41, 5.74) is 10.1. The number of halogens is 2. The van der Waals surface area contributed by atoms with Crippen molar-refractivity contribution in [3.63, 3.8) is 0 Å². The molecule has 0 saturated heterocycles. The number of nitrogens with zero attached hydrogens (tertiary/aromatic N) is 6. The van der Waals surface area contributed by atoms with Crippen LogP contribution in [0.5, 0.6) is 5.75 Å². The molecule has 13 heteroatoms. The lowest BCUT2D eigenvalue weighted by atomic mass is 10.2. The number of aryl methyl sites for hydroxylation is 1. The molecule has 0 bridgehead atoms. The van der Waals surface area contributed by atoms with Gasteiger partial charge in [0.2, 0.25) is 11.6 Å². The fourth-order valence-electron chi connectivity index (χ4n) is 2.77. The first-order valence-corrected chi connectivity index (χ1v) is 10.2. The van der Waals surface area contributed by atoms with Gasteiger partial charge in [0.25, 0.3) is 5.91 Å². The molecule has 3 N–H and O–H groups in total. The van der Waals surface area contributed by atoms with Gasteiger partial charge in [0.1, 0.15) is 12.4 Å². The zero-order valence-electron chi connectivity index (χ0n) is 17.1. The van der Waals surface area contributed by atoms with Crippen LogP contribution >= 0.6 is 23.2 Å². The second kappa shape index (κ2) is 9.67. The van der Waals surface area contributed by atoms with Crippen molar-refractivity contribution in [1.29, 1.82) is 0 Å². The van der Waals surface area contributed by atoms with Gasteiger partial charge >= 0.3 is 0 Å². The van der Waals surface area contributed by atoms with Gasteiger partial charge in [0.05, 0.1) is 11.9 Å². The number of hydrogen-bond acceptors (Lipinski definition) is 9. The molecule has 33 heavy (non-hydrogen) atoms. The van der Waals surface area contributed by atoms with E-state index in [1.807, 2.05) is 6.07 Å². The monoisotopic (exact) mass is 486 g/mol. The molecule has 2 heterocycles. The van der Waals surface area contributed by atoms with Gasteiger partial charge in [-0.1, -0.05) is 34.5 Å². The largest absolute Gasteiger partial charge is 0.489 e. The number of carbonyl (C=O) groups is 1. The van der Waals surface area contributed by atoms with Crippen molar-refractivity contribution >= 4 is 41.1 Å². The molecule has 2 aromatic carbocycles. The van der Waals surface area contributed by atoms with Crippen LogP contribution in [0.15, 0.2) is 52.2 Å². The van der Waals surface area contributed by atoms with E-state index in [1.54, 1.807) is 43.3 Å². The van der Waals surface area contributed by atoms with E-state index in [-0.39, 0.29) is 17.3 Å². The van der Waals surface area contributed by atoms with Crippen LogP contribution in [0.4, 0.5) is 5.82 Å². The lowest BCUT2D eigenvalue weighted by Gasteiger charge is -2.08. The average Bonchev–Trinajstić information content (AvgIpc) is 3.39. The molecule has 0 aliphatic heterocycles. The molecular formula is C20H16Cl2N8O3. The maximum atomic E-state index is 12.6. The van der Waals surface area contributed by atoms with Crippen LogP contribution in [0, 0.1) is 6.92 Å². The van der Waals surface area contributed by atoms with Crippen LogP contribution in [0.3, 0.4) is 0 Å². The summed E-state index contributed by atoms with van der Waals surface area (Å²) in [4.78, 5) is 12.6. The molecule has 0 radical (unpaired) electrons. The van der Waals surface area contributed by atoms with E-state index in [1.165, 1.54) is 6.21 Å². The molecule has 11 nitrogen and oxygen atoms in total. The van der Waals surface area contributed by atoms with Gasteiger partial charge in [-0.25, -0.2) is 10.1 Å². The van der Waals surface area contributed by atoms with Crippen molar-refractivity contribution < 1.29 is 14.2 Å². The van der Waals surface area contributed by atoms with Crippen molar-refractivity contribution in [3.8, 4) is 11.6 Å². The van der Waals surface area contributed by atoms with Crippen LogP contribution in [-0.4, -0.2) is 37.4 Å². The van der Waals surface area contributed by atoms with Crippen molar-refractivity contribution in [2.75, 3.05) is 5.73 Å². The summed E-state index contributed by atoms with van der Waals surface area (Å²) in [5.74, 6) is 0.112. The Morgan fingerprint density at radius 2 is 2.03 bits per heavy atom. The van der Waals surface area contributed by atoms with Gasteiger partial charge in [0.15, 0.2) is 5.69 Å². The van der Waals surface area contributed by atoms with Gasteiger partial charge in [-0.3, -0.25) is 4.79 Å². The SMILES string of the molecule is Cc1nnn(-c2nonc2N)c1C(=O)NN=Cc1ccc(OCc2ccc(Cl)cc2Cl)cc1. The summed E-state index contributed by atoms with van der Waals surface area (Å²) in [6.07, 6.45) is 1.48. The Morgan fingerprint density at radius 1 is 1.24 bits per heavy atom. The minimum Gasteiger partial charge on any atom is -0.489 e. The molecule has 168 valence electrons. The number of nitrogen functional groups attached to an aromatic ring is 1. The number of aromatic nitrogens is 5. The van der Waals surface area contributed by atoms with E-state index >= 15 is 0 Å². The second-order valence-electron chi connectivity index (χ2n) is 6.70. The van der Waals surface area contributed by atoms with E-state index in [9.17, 15) is 4.79 Å². The Balaban J connectivity index is 1.37. The Morgan fingerprint density at radius 3 is 2.73 bits per heavy atom. The van der Waals surface area contributed by atoms with E-state index in [4.69, 9.17) is 33.7 Å². The number of rotatable bonds is 7. The van der Waals surface area contributed by atoms with Crippen molar-refractivity contribution in [3.05, 3.63) is 75.0 Å². The number of hydrazone groups is 1. The molecule has 0 spiro atoms. The maximum Gasteiger partial charge on any atom is 0.292 e. The smallest absolute Gasteiger partial charge is 0.292 e. The van der Waals surface area contributed by atoms with Gasteiger partial charge in [-0.15, -0.1) is 5.10 Å². The highest BCUT2D eigenvalue weighted by Gasteiger charge is 2.22. The first-order valence-electron chi connectivity index (χ1n) is 9.43. The number of benzene rings is 2. The first-order chi connectivity index (χ1) is 15.9. The highest BCUT2D eigenvalue weighted by molar-refractivity contribution is 6.35. The van der Waals surface area contributed by atoms with Crippen molar-refractivity contribution in [2.45, 2.75) is 13.5 Å². The summed E-state index contributed by atoms with van der Waals surface area (Å²) in [7, 11) is 0. The number of anilines is 1. The zero-order chi connectivity index (χ0) is 23.4. The Labute approximate surface area is 197 Å². The molecule has 4 rings (SSSR count).